The molecule has 0 bridgehead atoms. The van der Waals surface area contributed by atoms with E-state index >= 15 is 0 Å². The number of nitrogens with one attached hydrogen (secondary N) is 1. The van der Waals surface area contributed by atoms with E-state index in [0.717, 1.165) is 18.5 Å². The Morgan fingerprint density at radius 2 is 2.20 bits per heavy atom. The van der Waals surface area contributed by atoms with Crippen molar-refractivity contribution < 1.29 is 19.2 Å². The van der Waals surface area contributed by atoms with Gasteiger partial charge in [0, 0.05) is 0 Å². The van der Waals surface area contributed by atoms with E-state index in [0.29, 0.717) is 4.73 Å². The summed E-state index contributed by atoms with van der Waals surface area (Å²) in [4.78, 5) is 22.1. The highest BCUT2D eigenvalue weighted by Crippen LogP contribution is 2.23. The SMILES string of the molecule is CCOC(=O)[C@H](Nc1c[n+]([O-])ccc1[N+](=O)[O-])C(C)C. The van der Waals surface area contributed by atoms with Crippen LogP contribution in [0.4, 0.5) is 11.4 Å². The molecule has 0 aliphatic rings. The molecule has 0 aliphatic heterocycles. The fourth-order valence-corrected chi connectivity index (χ4v) is 1.64. The van der Waals surface area contributed by atoms with Crippen molar-refractivity contribution in [2.45, 2.75) is 26.8 Å². The number of carbonyl (C=O) groups excluding carboxylic acids is 1. The van der Waals surface area contributed by atoms with Crippen LogP contribution in [-0.2, 0) is 9.53 Å². The van der Waals surface area contributed by atoms with Crippen LogP contribution in [-0.4, -0.2) is 23.5 Å². The third-order valence-electron chi connectivity index (χ3n) is 2.63. The molecule has 1 aromatic heterocycles. The van der Waals surface area contributed by atoms with Gasteiger partial charge in [-0.2, -0.15) is 4.73 Å². The second-order valence-corrected chi connectivity index (χ2v) is 4.48. The van der Waals surface area contributed by atoms with E-state index in [1.807, 2.05) is 0 Å². The van der Waals surface area contributed by atoms with Crippen molar-refractivity contribution in [1.29, 1.82) is 0 Å². The molecule has 0 saturated heterocycles. The fourth-order valence-electron chi connectivity index (χ4n) is 1.64. The highest BCUT2D eigenvalue weighted by atomic mass is 16.6. The fraction of sp³-hybridized carbons (Fsp3) is 0.500. The maximum absolute atomic E-state index is 11.8. The van der Waals surface area contributed by atoms with E-state index in [-0.39, 0.29) is 23.9 Å². The second-order valence-electron chi connectivity index (χ2n) is 4.48. The first-order chi connectivity index (χ1) is 9.36. The molecule has 20 heavy (non-hydrogen) atoms. The van der Waals surface area contributed by atoms with Crippen LogP contribution in [0.3, 0.4) is 0 Å². The summed E-state index contributed by atoms with van der Waals surface area (Å²) in [5.41, 5.74) is -0.286. The van der Waals surface area contributed by atoms with Gasteiger partial charge in [-0.05, 0) is 12.8 Å². The third kappa shape index (κ3) is 3.81. The minimum Gasteiger partial charge on any atom is -0.619 e. The molecule has 1 N–H and O–H groups in total. The Morgan fingerprint density at radius 3 is 2.70 bits per heavy atom. The molecule has 8 nitrogen and oxygen atoms in total. The molecule has 0 saturated carbocycles. The summed E-state index contributed by atoms with van der Waals surface area (Å²) in [6, 6.07) is 0.314. The first-order valence-corrected chi connectivity index (χ1v) is 6.17. The molecule has 0 aliphatic carbocycles. The molecule has 1 heterocycles. The van der Waals surface area contributed by atoms with E-state index in [4.69, 9.17) is 4.74 Å². The number of hydrogen-bond acceptors (Lipinski definition) is 6. The van der Waals surface area contributed by atoms with Gasteiger partial charge in [0.2, 0.25) is 6.20 Å². The average molecular weight is 283 g/mol. The Labute approximate surface area is 116 Å². The molecule has 1 atom stereocenters. The molecule has 0 amide bonds. The summed E-state index contributed by atoms with van der Waals surface area (Å²) >= 11 is 0. The number of anilines is 1. The number of ether oxygens (including phenoxy) is 1. The van der Waals surface area contributed by atoms with Gasteiger partial charge < -0.3 is 15.3 Å². The maximum atomic E-state index is 11.8. The van der Waals surface area contributed by atoms with Crippen molar-refractivity contribution in [1.82, 2.24) is 0 Å². The molecule has 1 rings (SSSR count). The predicted molar refractivity (Wildman–Crippen MR) is 70.9 cm³/mol. The summed E-state index contributed by atoms with van der Waals surface area (Å²) in [6.07, 6.45) is 2.05. The summed E-state index contributed by atoms with van der Waals surface area (Å²) < 4.78 is 5.34. The van der Waals surface area contributed by atoms with Crippen molar-refractivity contribution in [2.75, 3.05) is 11.9 Å². The smallest absolute Gasteiger partial charge is 0.328 e. The topological polar surface area (TPSA) is 108 Å². The number of aromatic nitrogens is 1. The van der Waals surface area contributed by atoms with Crippen LogP contribution in [0.25, 0.3) is 0 Å². The van der Waals surface area contributed by atoms with Crippen LogP contribution in [0.15, 0.2) is 18.5 Å². The molecular weight excluding hydrogens is 266 g/mol. The Morgan fingerprint density at radius 1 is 1.55 bits per heavy atom. The molecule has 0 aromatic carbocycles. The quantitative estimate of drug-likeness (QED) is 0.276. The zero-order valence-corrected chi connectivity index (χ0v) is 11.5. The Hall–Kier alpha value is -2.38. The standard InChI is InChI=1S/C12H17N3O5/c1-4-20-12(16)11(8(2)3)13-9-7-14(17)6-5-10(9)15(18)19/h5-8,11,13H,4H2,1-3H3/t11-/m1/s1. The Balaban J connectivity index is 3.07. The first-order valence-electron chi connectivity index (χ1n) is 6.17. The highest BCUT2D eigenvalue weighted by molar-refractivity contribution is 5.80. The number of rotatable bonds is 6. The normalized spacial score (nSPS) is 12.0. The van der Waals surface area contributed by atoms with Crippen molar-refractivity contribution in [3.63, 3.8) is 0 Å². The lowest BCUT2D eigenvalue weighted by Gasteiger charge is -2.20. The van der Waals surface area contributed by atoms with Crippen molar-refractivity contribution in [3.05, 3.63) is 33.8 Å². The van der Waals surface area contributed by atoms with Gasteiger partial charge in [0.1, 0.15) is 6.04 Å². The number of carbonyl (C=O) groups is 1. The predicted octanol–water partition coefficient (Wildman–Crippen LogP) is 1.23. The highest BCUT2D eigenvalue weighted by Gasteiger charge is 2.27. The van der Waals surface area contributed by atoms with Gasteiger partial charge >= 0.3 is 11.7 Å². The minimum atomic E-state index is -0.768. The van der Waals surface area contributed by atoms with Gasteiger partial charge in [0.15, 0.2) is 11.9 Å². The zero-order valence-electron chi connectivity index (χ0n) is 11.5. The van der Waals surface area contributed by atoms with Crippen LogP contribution >= 0.6 is 0 Å². The van der Waals surface area contributed by atoms with Crippen LogP contribution in [0, 0.1) is 21.2 Å². The molecule has 1 aromatic rings. The van der Waals surface area contributed by atoms with Crippen molar-refractivity contribution in [2.24, 2.45) is 5.92 Å². The van der Waals surface area contributed by atoms with E-state index in [1.165, 1.54) is 0 Å². The number of nitro groups is 1. The van der Waals surface area contributed by atoms with Gasteiger partial charge in [0.25, 0.3) is 0 Å². The Kier molecular flexibility index (Phi) is 5.24. The minimum absolute atomic E-state index is 0.0146. The van der Waals surface area contributed by atoms with Crippen molar-refractivity contribution in [3.8, 4) is 0 Å². The molecule has 0 radical (unpaired) electrons. The van der Waals surface area contributed by atoms with Gasteiger partial charge in [-0.1, -0.05) is 13.8 Å². The van der Waals surface area contributed by atoms with E-state index < -0.39 is 16.9 Å². The van der Waals surface area contributed by atoms with Gasteiger partial charge in [-0.3, -0.25) is 10.1 Å². The molecular formula is C12H17N3O5. The summed E-state index contributed by atoms with van der Waals surface area (Å²) in [6.45, 7) is 5.43. The van der Waals surface area contributed by atoms with Gasteiger partial charge in [-0.15, -0.1) is 0 Å². The molecule has 110 valence electrons. The summed E-state index contributed by atoms with van der Waals surface area (Å²) in [5, 5.41) is 24.9. The van der Waals surface area contributed by atoms with Crippen LogP contribution in [0.5, 0.6) is 0 Å². The number of nitrogens with zero attached hydrogens (tertiary/aromatic N) is 2. The van der Waals surface area contributed by atoms with Crippen LogP contribution in [0.2, 0.25) is 0 Å². The lowest BCUT2D eigenvalue weighted by Crippen LogP contribution is -2.37. The van der Waals surface area contributed by atoms with Crippen molar-refractivity contribution >= 4 is 17.3 Å². The van der Waals surface area contributed by atoms with E-state index in [9.17, 15) is 20.1 Å². The molecule has 0 spiro atoms. The first kappa shape index (κ1) is 15.7. The number of esters is 1. The van der Waals surface area contributed by atoms with E-state index in [1.54, 1.807) is 20.8 Å². The van der Waals surface area contributed by atoms with Gasteiger partial charge in [0.05, 0.1) is 17.6 Å². The van der Waals surface area contributed by atoms with E-state index in [2.05, 4.69) is 5.32 Å². The van der Waals surface area contributed by atoms with Crippen LogP contribution < -0.4 is 10.0 Å². The van der Waals surface area contributed by atoms with Crippen LogP contribution in [0.1, 0.15) is 20.8 Å². The van der Waals surface area contributed by atoms with Gasteiger partial charge in [-0.25, -0.2) is 4.79 Å². The zero-order chi connectivity index (χ0) is 15.3. The lowest BCUT2D eigenvalue weighted by molar-refractivity contribution is -0.605. The maximum Gasteiger partial charge on any atom is 0.328 e. The third-order valence-corrected chi connectivity index (χ3v) is 2.63. The summed E-state index contributed by atoms with van der Waals surface area (Å²) in [7, 11) is 0. The average Bonchev–Trinajstić information content (AvgIpc) is 2.35. The largest absolute Gasteiger partial charge is 0.619 e. The monoisotopic (exact) mass is 283 g/mol. The number of hydrogen-bond donors (Lipinski definition) is 1. The molecule has 8 heteroatoms. The lowest BCUT2D eigenvalue weighted by atomic mass is 10.0. The molecule has 0 unspecified atom stereocenters. The Bertz CT molecular complexity index is 504. The molecule has 0 fully saturated rings. The number of pyridine rings is 1. The second kappa shape index (κ2) is 6.69. The summed E-state index contributed by atoms with van der Waals surface area (Å²) in [5.74, 6) is -0.674.